The van der Waals surface area contributed by atoms with Crippen LogP contribution in [0.5, 0.6) is 0 Å². The summed E-state index contributed by atoms with van der Waals surface area (Å²) in [6, 6.07) is 4.16. The number of rotatable bonds is 3. The SMILES string of the molecule is NC(c1nc(-c2ccc[nH]2)cs1)C1CC1. The van der Waals surface area contributed by atoms with E-state index >= 15 is 0 Å². The van der Waals surface area contributed by atoms with Gasteiger partial charge < -0.3 is 10.7 Å². The average Bonchev–Trinajstić information content (AvgIpc) is 2.80. The lowest BCUT2D eigenvalue weighted by molar-refractivity contribution is 0.629. The minimum Gasteiger partial charge on any atom is -0.360 e. The Bertz CT molecular complexity index is 442. The molecule has 0 aromatic carbocycles. The van der Waals surface area contributed by atoms with E-state index in [0.29, 0.717) is 5.92 Å². The van der Waals surface area contributed by atoms with E-state index in [2.05, 4.69) is 15.3 Å². The topological polar surface area (TPSA) is 54.7 Å². The third-order valence-electron chi connectivity index (χ3n) is 2.81. The molecule has 2 aromatic heterocycles. The predicted octanol–water partition coefficient (Wildman–Crippen LogP) is 2.55. The molecule has 0 radical (unpaired) electrons. The van der Waals surface area contributed by atoms with E-state index in [1.54, 1.807) is 11.3 Å². The van der Waals surface area contributed by atoms with Crippen molar-refractivity contribution < 1.29 is 0 Å². The highest BCUT2D eigenvalue weighted by molar-refractivity contribution is 7.10. The Labute approximate surface area is 92.4 Å². The maximum Gasteiger partial charge on any atom is 0.110 e. The monoisotopic (exact) mass is 219 g/mol. The van der Waals surface area contributed by atoms with Crippen LogP contribution in [-0.2, 0) is 0 Å². The van der Waals surface area contributed by atoms with Crippen molar-refractivity contribution in [2.24, 2.45) is 11.7 Å². The number of nitrogens with zero attached hydrogens (tertiary/aromatic N) is 1. The van der Waals surface area contributed by atoms with Crippen LogP contribution in [0.3, 0.4) is 0 Å². The molecule has 3 nitrogen and oxygen atoms in total. The van der Waals surface area contributed by atoms with Crippen molar-refractivity contribution in [2.45, 2.75) is 18.9 Å². The van der Waals surface area contributed by atoms with E-state index in [1.807, 2.05) is 18.3 Å². The number of nitrogens with two attached hydrogens (primary N) is 1. The Hall–Kier alpha value is -1.13. The van der Waals surface area contributed by atoms with Crippen molar-refractivity contribution in [3.63, 3.8) is 0 Å². The van der Waals surface area contributed by atoms with Gasteiger partial charge in [-0.3, -0.25) is 0 Å². The molecule has 1 aliphatic rings. The van der Waals surface area contributed by atoms with E-state index in [1.165, 1.54) is 12.8 Å². The smallest absolute Gasteiger partial charge is 0.110 e. The zero-order valence-electron chi connectivity index (χ0n) is 8.31. The number of H-pyrrole nitrogens is 1. The summed E-state index contributed by atoms with van der Waals surface area (Å²) < 4.78 is 0. The summed E-state index contributed by atoms with van der Waals surface area (Å²) >= 11 is 1.67. The molecule has 15 heavy (non-hydrogen) atoms. The van der Waals surface area contributed by atoms with Gasteiger partial charge in [0, 0.05) is 11.6 Å². The third kappa shape index (κ3) is 1.70. The van der Waals surface area contributed by atoms with Crippen LogP contribution in [0.25, 0.3) is 11.4 Å². The molecule has 1 atom stereocenters. The highest BCUT2D eigenvalue weighted by atomic mass is 32.1. The standard InChI is InChI=1S/C11H13N3S/c12-10(7-3-4-7)11-14-9(6-15-11)8-2-1-5-13-8/h1-2,5-7,10,13H,3-4,12H2. The molecule has 78 valence electrons. The number of hydrogen-bond acceptors (Lipinski definition) is 3. The minimum absolute atomic E-state index is 0.152. The molecule has 0 spiro atoms. The van der Waals surface area contributed by atoms with Gasteiger partial charge in [-0.2, -0.15) is 0 Å². The zero-order chi connectivity index (χ0) is 10.3. The van der Waals surface area contributed by atoms with Crippen LogP contribution in [-0.4, -0.2) is 9.97 Å². The lowest BCUT2D eigenvalue weighted by Crippen LogP contribution is -2.11. The molecule has 1 saturated carbocycles. The summed E-state index contributed by atoms with van der Waals surface area (Å²) in [4.78, 5) is 7.73. The summed E-state index contributed by atoms with van der Waals surface area (Å²) in [6.45, 7) is 0. The van der Waals surface area contributed by atoms with Crippen molar-refractivity contribution in [2.75, 3.05) is 0 Å². The first-order valence-corrected chi connectivity index (χ1v) is 6.07. The first kappa shape index (κ1) is 9.12. The van der Waals surface area contributed by atoms with Crippen LogP contribution in [0.4, 0.5) is 0 Å². The van der Waals surface area contributed by atoms with E-state index < -0.39 is 0 Å². The third-order valence-corrected chi connectivity index (χ3v) is 3.76. The molecular weight excluding hydrogens is 206 g/mol. The molecular formula is C11H13N3S. The molecule has 1 aliphatic carbocycles. The Balaban J connectivity index is 1.87. The second kappa shape index (κ2) is 3.47. The number of aromatic amines is 1. The van der Waals surface area contributed by atoms with Crippen LogP contribution in [0, 0.1) is 5.92 Å². The largest absolute Gasteiger partial charge is 0.360 e. The van der Waals surface area contributed by atoms with Gasteiger partial charge in [0.05, 0.1) is 17.4 Å². The average molecular weight is 219 g/mol. The highest BCUT2D eigenvalue weighted by Crippen LogP contribution is 2.40. The summed E-state index contributed by atoms with van der Waals surface area (Å²) in [7, 11) is 0. The molecule has 0 bridgehead atoms. The fourth-order valence-corrected chi connectivity index (χ4v) is 2.62. The van der Waals surface area contributed by atoms with Crippen LogP contribution >= 0.6 is 11.3 Å². The minimum atomic E-state index is 0.152. The van der Waals surface area contributed by atoms with Gasteiger partial charge >= 0.3 is 0 Å². The predicted molar refractivity (Wildman–Crippen MR) is 61.6 cm³/mol. The van der Waals surface area contributed by atoms with Gasteiger partial charge in [-0.1, -0.05) is 0 Å². The summed E-state index contributed by atoms with van der Waals surface area (Å²) in [5.74, 6) is 0.674. The lowest BCUT2D eigenvalue weighted by Gasteiger charge is -2.04. The van der Waals surface area contributed by atoms with E-state index in [4.69, 9.17) is 5.73 Å². The molecule has 2 heterocycles. The second-order valence-corrected chi connectivity index (χ2v) is 4.91. The summed E-state index contributed by atoms with van der Waals surface area (Å²) in [6.07, 6.45) is 4.44. The Morgan fingerprint density at radius 2 is 2.40 bits per heavy atom. The Morgan fingerprint density at radius 1 is 1.53 bits per heavy atom. The fraction of sp³-hybridized carbons (Fsp3) is 0.364. The van der Waals surface area contributed by atoms with Gasteiger partial charge in [0.1, 0.15) is 5.01 Å². The van der Waals surface area contributed by atoms with Gasteiger partial charge in [0.25, 0.3) is 0 Å². The van der Waals surface area contributed by atoms with E-state index in [0.717, 1.165) is 16.4 Å². The van der Waals surface area contributed by atoms with E-state index in [-0.39, 0.29) is 6.04 Å². The van der Waals surface area contributed by atoms with E-state index in [9.17, 15) is 0 Å². The van der Waals surface area contributed by atoms with Crippen molar-refractivity contribution in [1.29, 1.82) is 0 Å². The normalized spacial score (nSPS) is 17.9. The number of thiazole rings is 1. The number of hydrogen-bond donors (Lipinski definition) is 2. The quantitative estimate of drug-likeness (QED) is 0.833. The molecule has 3 rings (SSSR count). The molecule has 0 amide bonds. The number of nitrogens with one attached hydrogen (secondary N) is 1. The molecule has 0 saturated heterocycles. The summed E-state index contributed by atoms with van der Waals surface area (Å²) in [5, 5.41) is 3.14. The van der Waals surface area contributed by atoms with Crippen molar-refractivity contribution in [3.8, 4) is 11.4 Å². The first-order valence-electron chi connectivity index (χ1n) is 5.19. The highest BCUT2D eigenvalue weighted by Gasteiger charge is 2.31. The van der Waals surface area contributed by atoms with Gasteiger partial charge in [-0.05, 0) is 30.9 Å². The van der Waals surface area contributed by atoms with Crippen molar-refractivity contribution >= 4 is 11.3 Å². The number of aromatic nitrogens is 2. The van der Waals surface area contributed by atoms with Crippen LogP contribution in [0.2, 0.25) is 0 Å². The lowest BCUT2D eigenvalue weighted by atomic mass is 10.2. The van der Waals surface area contributed by atoms with Gasteiger partial charge in [-0.25, -0.2) is 4.98 Å². The van der Waals surface area contributed by atoms with Gasteiger partial charge in [0.15, 0.2) is 0 Å². The van der Waals surface area contributed by atoms with Gasteiger partial charge in [0.2, 0.25) is 0 Å². The Morgan fingerprint density at radius 3 is 3.07 bits per heavy atom. The maximum absolute atomic E-state index is 6.10. The molecule has 4 heteroatoms. The van der Waals surface area contributed by atoms with Crippen molar-refractivity contribution in [1.82, 2.24) is 9.97 Å². The molecule has 0 aliphatic heterocycles. The molecule has 1 unspecified atom stereocenters. The van der Waals surface area contributed by atoms with Gasteiger partial charge in [-0.15, -0.1) is 11.3 Å². The van der Waals surface area contributed by atoms with Crippen LogP contribution in [0.1, 0.15) is 23.9 Å². The van der Waals surface area contributed by atoms with Crippen LogP contribution in [0.15, 0.2) is 23.7 Å². The van der Waals surface area contributed by atoms with Crippen LogP contribution < -0.4 is 5.73 Å². The second-order valence-electron chi connectivity index (χ2n) is 4.02. The molecule has 1 fully saturated rings. The molecule has 3 N–H and O–H groups in total. The maximum atomic E-state index is 6.10. The van der Waals surface area contributed by atoms with Crippen molar-refractivity contribution in [3.05, 3.63) is 28.7 Å². The molecule has 2 aromatic rings. The first-order chi connectivity index (χ1) is 7.34. The zero-order valence-corrected chi connectivity index (χ0v) is 9.13. The fourth-order valence-electron chi connectivity index (χ4n) is 1.71. The summed E-state index contributed by atoms with van der Waals surface area (Å²) in [5.41, 5.74) is 8.18. The Kier molecular flexibility index (Phi) is 2.11.